The van der Waals surface area contributed by atoms with Gasteiger partial charge in [-0.25, -0.2) is 9.69 Å². The molecule has 0 spiro atoms. The van der Waals surface area contributed by atoms with Crippen LogP contribution in [0, 0.1) is 44.1 Å². The summed E-state index contributed by atoms with van der Waals surface area (Å²) in [4.78, 5) is 29.4. The zero-order valence-electron chi connectivity index (χ0n) is 21.1. The first kappa shape index (κ1) is 25.9. The topological polar surface area (TPSA) is 112 Å². The number of para-hydroxylation sites is 1. The van der Waals surface area contributed by atoms with Gasteiger partial charge in [0.05, 0.1) is 28.3 Å². The summed E-state index contributed by atoms with van der Waals surface area (Å²) in [6.45, 7) is 1.79. The summed E-state index contributed by atoms with van der Waals surface area (Å²) in [6.07, 6.45) is -6.15. The number of halogens is 3. The summed E-state index contributed by atoms with van der Waals surface area (Å²) in [6, 6.07) is 4.21. The molecule has 1 radical (unpaired) electrons. The maximum absolute atomic E-state index is 13.6. The molecule has 0 saturated carbocycles. The summed E-state index contributed by atoms with van der Waals surface area (Å²) in [7, 11) is -1.61. The molecule has 1 N–H and O–H groups in total. The van der Waals surface area contributed by atoms with Crippen molar-refractivity contribution < 1.29 is 88.8 Å². The van der Waals surface area contributed by atoms with E-state index in [4.69, 9.17) is 21.7 Å². The molecule has 2 aliphatic rings. The van der Waals surface area contributed by atoms with Crippen LogP contribution in [-0.4, -0.2) is 59.2 Å². The van der Waals surface area contributed by atoms with Gasteiger partial charge in [-0.15, -0.1) is 0 Å². The van der Waals surface area contributed by atoms with Crippen molar-refractivity contribution in [3.8, 4) is 17.2 Å². The summed E-state index contributed by atoms with van der Waals surface area (Å²) in [5.41, 5.74) is -1.39. The molecule has 36 heavy (non-hydrogen) atoms. The third-order valence-corrected chi connectivity index (χ3v) is 5.49. The van der Waals surface area contributed by atoms with Gasteiger partial charge < -0.3 is 24.1 Å². The Bertz CT molecular complexity index is 1220. The molecule has 193 valence electrons. The molecule has 10 nitrogen and oxygen atoms in total. The number of nitrogens with zero attached hydrogens (tertiary/aromatic N) is 3. The minimum absolute atomic E-state index is 0. The third kappa shape index (κ3) is 5.72. The molecule has 1 aromatic carbocycles. The van der Waals surface area contributed by atoms with Crippen molar-refractivity contribution in [3.63, 3.8) is 0 Å². The SMILES string of the molecule is [2H]C([3H])OC[C@H]1O[C@@H](n2cc3c(nc2=O)N(C(=O)C(F)(F)F)c2c(OCCCC)cccc2O3)CC1O.[Ac]. The number of anilines is 2. The Morgan fingerprint density at radius 1 is 1.42 bits per heavy atom. The molecule has 2 aromatic rings. The minimum Gasteiger partial charge on any atom is -0.491 e. The molecule has 1 aromatic heterocycles. The number of benzene rings is 1. The quantitative estimate of drug-likeness (QED) is 0.434. The van der Waals surface area contributed by atoms with E-state index >= 15 is 0 Å². The second kappa shape index (κ2) is 11.8. The molecule has 14 heteroatoms. The Morgan fingerprint density at radius 3 is 2.89 bits per heavy atom. The van der Waals surface area contributed by atoms with Crippen molar-refractivity contribution in [2.75, 3.05) is 25.2 Å². The molecular formula is C22H24AcF3N3O7. The van der Waals surface area contributed by atoms with Crippen LogP contribution in [0.25, 0.3) is 0 Å². The van der Waals surface area contributed by atoms with E-state index in [1.54, 1.807) is 0 Å². The Kier molecular flexibility index (Phi) is 8.47. The van der Waals surface area contributed by atoms with Gasteiger partial charge in [-0.05, 0) is 18.6 Å². The second-order valence-corrected chi connectivity index (χ2v) is 7.93. The van der Waals surface area contributed by atoms with Gasteiger partial charge in [-0.2, -0.15) is 18.2 Å². The number of alkyl halides is 3. The molecule has 1 saturated heterocycles. The number of methoxy groups -OCH3 is 1. The van der Waals surface area contributed by atoms with Crippen LogP contribution < -0.4 is 20.1 Å². The van der Waals surface area contributed by atoms with E-state index in [0.717, 1.165) is 17.2 Å². The number of carbonyl (C=O) groups excluding carboxylic acids is 1. The molecule has 0 aliphatic carbocycles. The van der Waals surface area contributed by atoms with E-state index < -0.39 is 49.1 Å². The number of hydrogen-bond donors (Lipinski definition) is 1. The van der Waals surface area contributed by atoms with Crippen LogP contribution >= 0.6 is 0 Å². The fourth-order valence-electron chi connectivity index (χ4n) is 3.81. The molecule has 0 bridgehead atoms. The van der Waals surface area contributed by atoms with Crippen LogP contribution in [0.3, 0.4) is 0 Å². The predicted octanol–water partition coefficient (Wildman–Crippen LogP) is 3.05. The zero-order chi connectivity index (χ0) is 26.9. The Labute approximate surface area is 242 Å². The molecule has 2 aliphatic heterocycles. The zero-order valence-corrected chi connectivity index (χ0v) is 23.8. The largest absolute Gasteiger partial charge is 0.491 e. The summed E-state index contributed by atoms with van der Waals surface area (Å²) in [5, 5.41) is 10.2. The number of carbonyl (C=O) groups is 1. The fourth-order valence-corrected chi connectivity index (χ4v) is 3.81. The van der Waals surface area contributed by atoms with E-state index in [1.165, 1.54) is 18.2 Å². The van der Waals surface area contributed by atoms with Crippen molar-refractivity contribution in [1.82, 2.24) is 9.55 Å². The number of amides is 1. The van der Waals surface area contributed by atoms with Gasteiger partial charge in [0.25, 0.3) is 0 Å². The van der Waals surface area contributed by atoms with Crippen LogP contribution in [0.5, 0.6) is 17.2 Å². The van der Waals surface area contributed by atoms with Gasteiger partial charge in [0.15, 0.2) is 17.3 Å². The van der Waals surface area contributed by atoms with Crippen molar-refractivity contribution in [3.05, 3.63) is 34.9 Å². The number of aliphatic hydroxyl groups excluding tert-OH is 1. The number of hydrogen-bond acceptors (Lipinski definition) is 8. The number of unbranched alkanes of at least 4 members (excludes halogenated alkanes) is 1. The van der Waals surface area contributed by atoms with Crippen molar-refractivity contribution >= 4 is 17.4 Å². The third-order valence-electron chi connectivity index (χ3n) is 5.49. The number of rotatable bonds is 7. The molecule has 3 heterocycles. The van der Waals surface area contributed by atoms with Crippen LogP contribution in [-0.2, 0) is 14.3 Å². The van der Waals surface area contributed by atoms with Gasteiger partial charge in [-0.1, -0.05) is 19.4 Å². The molecule has 2 unspecified atom stereocenters. The normalized spacial score (nSPS) is 22.4. The first-order valence-electron chi connectivity index (χ1n) is 11.9. The predicted molar refractivity (Wildman–Crippen MR) is 115 cm³/mol. The maximum Gasteiger partial charge on any atom is 0.472 e. The van der Waals surface area contributed by atoms with Crippen LogP contribution in [0.4, 0.5) is 24.7 Å². The van der Waals surface area contributed by atoms with E-state index in [-0.39, 0.29) is 91.5 Å². The second-order valence-electron chi connectivity index (χ2n) is 7.93. The smallest absolute Gasteiger partial charge is 0.472 e. The van der Waals surface area contributed by atoms with E-state index in [9.17, 15) is 27.9 Å². The molecule has 1 fully saturated rings. The summed E-state index contributed by atoms with van der Waals surface area (Å²) < 4.78 is 77.8. The van der Waals surface area contributed by atoms with Crippen molar-refractivity contribution in [2.45, 2.75) is 50.8 Å². The average molecular weight is 729 g/mol. The van der Waals surface area contributed by atoms with Crippen molar-refractivity contribution in [2.24, 2.45) is 0 Å². The van der Waals surface area contributed by atoms with Crippen molar-refractivity contribution in [1.29, 1.82) is 0 Å². The number of fused-ring (bicyclic) bond motifs is 2. The van der Waals surface area contributed by atoms with Crippen LogP contribution in [0.15, 0.2) is 29.2 Å². The fraction of sp³-hybridized carbons (Fsp3) is 0.500. The summed E-state index contributed by atoms with van der Waals surface area (Å²) in [5.74, 6) is -3.47. The number of aromatic nitrogens is 2. The van der Waals surface area contributed by atoms with Gasteiger partial charge in [0.1, 0.15) is 23.8 Å². The number of ether oxygens (including phenoxy) is 4. The van der Waals surface area contributed by atoms with Gasteiger partial charge in [0.2, 0.25) is 0 Å². The van der Waals surface area contributed by atoms with E-state index in [2.05, 4.69) is 4.98 Å². The van der Waals surface area contributed by atoms with Crippen LogP contribution in [0.1, 0.15) is 35.2 Å². The first-order valence-corrected chi connectivity index (χ1v) is 10.8. The van der Waals surface area contributed by atoms with Gasteiger partial charge in [-0.3, -0.25) is 9.36 Å². The van der Waals surface area contributed by atoms with E-state index in [0.29, 0.717) is 6.42 Å². The monoisotopic (exact) mass is 729 g/mol. The van der Waals surface area contributed by atoms with Crippen LogP contribution in [0.2, 0.25) is 0 Å². The van der Waals surface area contributed by atoms with Gasteiger partial charge in [0, 0.05) is 57.5 Å². The number of aliphatic hydroxyl groups is 1. The minimum atomic E-state index is -5.31. The molecular weight excluding hydrogens is 702 g/mol. The standard InChI is InChI=1S/C22H24F3N3O7.Ac/c1-3-4-8-33-13-6-5-7-14-18(13)28(20(30)22(23,24)25)19-15(34-14)10-27(21(31)26-19)17-9-12(29)16(35-17)11-32-2;/h5-7,10,12,16-17,29H,3-4,8-9,11H2,1-2H3;/t12?,16-,17-;/m1./s1/i2TD;/t2?,12?,16-,17-;. The van der Waals surface area contributed by atoms with Gasteiger partial charge >= 0.3 is 17.8 Å². The Morgan fingerprint density at radius 2 is 2.19 bits per heavy atom. The van der Waals surface area contributed by atoms with E-state index in [1.807, 2.05) is 6.92 Å². The average Bonchev–Trinajstić information content (AvgIpc) is 3.20. The summed E-state index contributed by atoms with van der Waals surface area (Å²) >= 11 is 0. The first-order chi connectivity index (χ1) is 17.5. The maximum atomic E-state index is 13.6. The molecule has 1 amide bonds. The Hall–Kier alpha value is -1.72. The molecule has 4 atom stereocenters. The Balaban J connectivity index is 0.00000400. The molecule has 4 rings (SSSR count).